The van der Waals surface area contributed by atoms with Gasteiger partial charge in [-0.3, -0.25) is 9.59 Å². The third-order valence-corrected chi connectivity index (χ3v) is 7.58. The number of carbonyl (C=O) groups excluding carboxylic acids is 2. The second-order valence-electron chi connectivity index (χ2n) is 8.06. The van der Waals surface area contributed by atoms with Gasteiger partial charge in [-0.2, -0.15) is 4.31 Å². The summed E-state index contributed by atoms with van der Waals surface area (Å²) in [5.74, 6) is -1.29. The summed E-state index contributed by atoms with van der Waals surface area (Å²) in [4.78, 5) is 24.6. The summed E-state index contributed by atoms with van der Waals surface area (Å²) >= 11 is 0. The zero-order chi connectivity index (χ0) is 23.0. The van der Waals surface area contributed by atoms with E-state index in [0.717, 1.165) is 0 Å². The van der Waals surface area contributed by atoms with Crippen LogP contribution in [-0.4, -0.2) is 43.7 Å². The number of hydrogen-bond acceptors (Lipinski definition) is 5. The first-order chi connectivity index (χ1) is 15.1. The fraction of sp³-hybridized carbons (Fsp3) is 0.364. The summed E-state index contributed by atoms with van der Waals surface area (Å²) in [5.41, 5.74) is 1.10. The number of hydrogen-bond donors (Lipinski definition) is 2. The Morgan fingerprint density at radius 3 is 2.78 bits per heavy atom. The summed E-state index contributed by atoms with van der Waals surface area (Å²) in [6.07, 6.45) is 0.383. The van der Waals surface area contributed by atoms with E-state index in [2.05, 4.69) is 10.6 Å². The van der Waals surface area contributed by atoms with Gasteiger partial charge in [0.15, 0.2) is 6.10 Å². The molecular formula is C22H24FN3O5S. The molecule has 10 heteroatoms. The molecule has 0 aliphatic carbocycles. The zero-order valence-corrected chi connectivity index (χ0v) is 18.5. The predicted octanol–water partition coefficient (Wildman–Crippen LogP) is 2.89. The molecule has 0 saturated carbocycles. The van der Waals surface area contributed by atoms with Gasteiger partial charge in [0.05, 0.1) is 16.5 Å². The third-order valence-electron chi connectivity index (χ3n) is 5.71. The van der Waals surface area contributed by atoms with Crippen molar-refractivity contribution < 1.29 is 27.1 Å². The van der Waals surface area contributed by atoms with E-state index in [4.69, 9.17) is 4.74 Å². The van der Waals surface area contributed by atoms with E-state index in [1.165, 1.54) is 28.6 Å². The van der Waals surface area contributed by atoms with Crippen LogP contribution < -0.4 is 15.4 Å². The van der Waals surface area contributed by atoms with Crippen LogP contribution in [0.25, 0.3) is 0 Å². The van der Waals surface area contributed by atoms with E-state index in [1.807, 2.05) is 0 Å². The van der Waals surface area contributed by atoms with Crippen molar-refractivity contribution in [2.45, 2.75) is 37.7 Å². The fourth-order valence-corrected chi connectivity index (χ4v) is 5.34. The van der Waals surface area contributed by atoms with Gasteiger partial charge in [-0.25, -0.2) is 12.8 Å². The number of halogens is 1. The number of sulfonamides is 1. The Morgan fingerprint density at radius 2 is 2.03 bits per heavy atom. The van der Waals surface area contributed by atoms with Crippen LogP contribution in [0, 0.1) is 18.7 Å². The quantitative estimate of drug-likeness (QED) is 0.729. The molecule has 0 aromatic heterocycles. The molecule has 1 fully saturated rings. The van der Waals surface area contributed by atoms with Crippen LogP contribution in [0.4, 0.5) is 15.8 Å². The molecule has 2 aliphatic rings. The predicted molar refractivity (Wildman–Crippen MR) is 116 cm³/mol. The molecule has 0 bridgehead atoms. The number of carbonyl (C=O) groups is 2. The standard InChI is InChI=1S/C22H24FN3O5S/c1-13-5-6-16(10-18(13)23)24-22(28)15-4-3-9-26(12-15)32(29,30)17-7-8-20-19(11-17)25-21(27)14(2)31-20/h5-8,10-11,14-15H,3-4,9,12H2,1-2H3,(H,24,28)(H,25,27)/t14-,15+/m1/s1. The summed E-state index contributed by atoms with van der Waals surface area (Å²) in [7, 11) is -3.89. The monoisotopic (exact) mass is 461 g/mol. The van der Waals surface area contributed by atoms with Gasteiger partial charge in [0.2, 0.25) is 15.9 Å². The van der Waals surface area contributed by atoms with Crippen LogP contribution >= 0.6 is 0 Å². The SMILES string of the molecule is Cc1ccc(NC(=O)[C@H]2CCCN(S(=O)(=O)c3ccc4c(c3)NC(=O)[C@@H](C)O4)C2)cc1F. The van der Waals surface area contributed by atoms with Crippen LogP contribution in [0.1, 0.15) is 25.3 Å². The minimum atomic E-state index is -3.89. The lowest BCUT2D eigenvalue weighted by Gasteiger charge is -2.31. The Labute approximate surface area is 185 Å². The Hall–Kier alpha value is -2.98. The first-order valence-electron chi connectivity index (χ1n) is 10.3. The average Bonchev–Trinajstić information content (AvgIpc) is 2.77. The highest BCUT2D eigenvalue weighted by molar-refractivity contribution is 7.89. The van der Waals surface area contributed by atoms with Crippen LogP contribution in [0.5, 0.6) is 5.75 Å². The second kappa shape index (κ2) is 8.51. The third kappa shape index (κ3) is 4.33. The molecular weight excluding hydrogens is 437 g/mol. The number of amides is 2. The van der Waals surface area contributed by atoms with Gasteiger partial charge < -0.3 is 15.4 Å². The number of anilines is 2. The van der Waals surface area contributed by atoms with Gasteiger partial charge >= 0.3 is 0 Å². The van der Waals surface area contributed by atoms with Crippen molar-refractivity contribution >= 4 is 33.2 Å². The molecule has 8 nitrogen and oxygen atoms in total. The molecule has 170 valence electrons. The van der Waals surface area contributed by atoms with Gasteiger partial charge in [-0.15, -0.1) is 0 Å². The maximum absolute atomic E-state index is 13.8. The average molecular weight is 462 g/mol. The second-order valence-corrected chi connectivity index (χ2v) is 10.0. The molecule has 1 saturated heterocycles. The Morgan fingerprint density at radius 1 is 1.25 bits per heavy atom. The van der Waals surface area contributed by atoms with Crippen LogP contribution in [-0.2, 0) is 19.6 Å². The number of benzene rings is 2. The number of fused-ring (bicyclic) bond motifs is 1. The van der Waals surface area contributed by atoms with Crippen molar-refractivity contribution in [3.8, 4) is 5.75 Å². The van der Waals surface area contributed by atoms with E-state index in [-0.39, 0.29) is 29.8 Å². The van der Waals surface area contributed by atoms with Crippen LogP contribution in [0.2, 0.25) is 0 Å². The molecule has 2 aromatic carbocycles. The van der Waals surface area contributed by atoms with Crippen molar-refractivity contribution in [2.75, 3.05) is 23.7 Å². The Balaban J connectivity index is 1.50. The summed E-state index contributed by atoms with van der Waals surface area (Å²) < 4.78 is 47.0. The molecule has 32 heavy (non-hydrogen) atoms. The van der Waals surface area contributed by atoms with E-state index in [0.29, 0.717) is 35.5 Å². The maximum Gasteiger partial charge on any atom is 0.265 e. The number of aryl methyl sites for hydroxylation is 1. The minimum absolute atomic E-state index is 0.0105. The number of rotatable bonds is 4. The van der Waals surface area contributed by atoms with Crippen molar-refractivity contribution in [1.29, 1.82) is 0 Å². The van der Waals surface area contributed by atoms with Gasteiger partial charge in [-0.05, 0) is 62.6 Å². The number of nitrogens with one attached hydrogen (secondary N) is 2. The Bertz CT molecular complexity index is 1180. The van der Waals surface area contributed by atoms with Gasteiger partial charge in [0, 0.05) is 18.8 Å². The van der Waals surface area contributed by atoms with Crippen LogP contribution in [0.3, 0.4) is 0 Å². The number of ether oxygens (including phenoxy) is 1. The lowest BCUT2D eigenvalue weighted by Crippen LogP contribution is -2.43. The topological polar surface area (TPSA) is 105 Å². The summed E-state index contributed by atoms with van der Waals surface area (Å²) in [6, 6.07) is 8.73. The molecule has 2 amide bonds. The van der Waals surface area contributed by atoms with Crippen molar-refractivity contribution in [1.82, 2.24) is 4.31 Å². The molecule has 4 rings (SSSR count). The Kier molecular flexibility index (Phi) is 5.91. The molecule has 2 heterocycles. The lowest BCUT2D eigenvalue weighted by molar-refractivity contribution is -0.123. The van der Waals surface area contributed by atoms with Crippen molar-refractivity contribution in [3.63, 3.8) is 0 Å². The van der Waals surface area contributed by atoms with Crippen molar-refractivity contribution in [3.05, 3.63) is 47.8 Å². The molecule has 2 aliphatic heterocycles. The van der Waals surface area contributed by atoms with Gasteiger partial charge in [-0.1, -0.05) is 6.07 Å². The first-order valence-corrected chi connectivity index (χ1v) is 11.8. The smallest absolute Gasteiger partial charge is 0.265 e. The zero-order valence-electron chi connectivity index (χ0n) is 17.7. The number of nitrogens with zero attached hydrogens (tertiary/aromatic N) is 1. The van der Waals surface area contributed by atoms with E-state index >= 15 is 0 Å². The molecule has 0 radical (unpaired) electrons. The van der Waals surface area contributed by atoms with E-state index in [9.17, 15) is 22.4 Å². The van der Waals surface area contributed by atoms with E-state index < -0.39 is 27.9 Å². The molecule has 0 unspecified atom stereocenters. The maximum atomic E-state index is 13.8. The molecule has 2 N–H and O–H groups in total. The highest BCUT2D eigenvalue weighted by Gasteiger charge is 2.34. The highest BCUT2D eigenvalue weighted by Crippen LogP contribution is 2.33. The van der Waals surface area contributed by atoms with E-state index in [1.54, 1.807) is 26.0 Å². The first kappa shape index (κ1) is 22.2. The van der Waals surface area contributed by atoms with Crippen LogP contribution in [0.15, 0.2) is 41.3 Å². The van der Waals surface area contributed by atoms with Gasteiger partial charge in [0.25, 0.3) is 5.91 Å². The number of piperidine rings is 1. The van der Waals surface area contributed by atoms with Gasteiger partial charge in [0.1, 0.15) is 11.6 Å². The normalized spacial score (nSPS) is 21.3. The summed E-state index contributed by atoms with van der Waals surface area (Å²) in [6.45, 7) is 3.53. The largest absolute Gasteiger partial charge is 0.479 e. The molecule has 0 spiro atoms. The lowest BCUT2D eigenvalue weighted by atomic mass is 9.98. The molecule has 2 aromatic rings. The minimum Gasteiger partial charge on any atom is -0.479 e. The van der Waals surface area contributed by atoms with Crippen molar-refractivity contribution in [2.24, 2.45) is 5.92 Å². The fourth-order valence-electron chi connectivity index (χ4n) is 3.79. The summed E-state index contributed by atoms with van der Waals surface area (Å²) in [5, 5.41) is 5.32. The highest BCUT2D eigenvalue weighted by atomic mass is 32.2. The molecule has 2 atom stereocenters.